The number of fused-ring (bicyclic) bond motifs is 1. The lowest BCUT2D eigenvalue weighted by Crippen LogP contribution is -2.21. The molecule has 0 aliphatic heterocycles. The summed E-state index contributed by atoms with van der Waals surface area (Å²) in [7, 11) is 0. The number of hydrogen-bond acceptors (Lipinski definition) is 3. The second-order valence-corrected chi connectivity index (χ2v) is 7.88. The van der Waals surface area contributed by atoms with Crippen LogP contribution in [0.1, 0.15) is 52.2 Å². The number of phenols is 1. The zero-order valence-corrected chi connectivity index (χ0v) is 16.0. The summed E-state index contributed by atoms with van der Waals surface area (Å²) >= 11 is 0. The Labute approximate surface area is 154 Å². The average Bonchev–Trinajstić information content (AvgIpc) is 3.05. The lowest BCUT2D eigenvalue weighted by atomic mass is 9.77. The number of nitrogens with zero attached hydrogens (tertiary/aromatic N) is 3. The third-order valence-corrected chi connectivity index (χ3v) is 5.29. The summed E-state index contributed by atoms with van der Waals surface area (Å²) in [5.74, 6) is 2.92. The fraction of sp³-hybridized carbons (Fsp3) is 0.364. The SMILES string of the molecule is C#CC(C)(C)c1cc(C(C)(C)CC)cc(-n2nc3ccccc3n2)c1O. The van der Waals surface area contributed by atoms with Crippen molar-refractivity contribution in [1.82, 2.24) is 15.0 Å². The van der Waals surface area contributed by atoms with Crippen LogP contribution in [0.2, 0.25) is 0 Å². The third kappa shape index (κ3) is 2.94. The van der Waals surface area contributed by atoms with E-state index in [0.29, 0.717) is 5.69 Å². The standard InChI is InChI=1S/C22H25N3O/c1-7-21(3,4)15-13-16(22(5,6)8-2)20(26)19(14-15)25-23-17-11-9-10-12-18(17)24-25/h2,9-14,26H,7H2,1,3-6H3. The summed E-state index contributed by atoms with van der Waals surface area (Å²) < 4.78 is 0. The predicted molar refractivity (Wildman–Crippen MR) is 106 cm³/mol. The Hall–Kier alpha value is -2.80. The summed E-state index contributed by atoms with van der Waals surface area (Å²) in [5.41, 5.74) is 3.27. The Bertz CT molecular complexity index is 973. The predicted octanol–water partition coefficient (Wildman–Crippen LogP) is 4.72. The van der Waals surface area contributed by atoms with E-state index in [1.807, 2.05) is 50.2 Å². The topological polar surface area (TPSA) is 50.9 Å². The Morgan fingerprint density at radius 2 is 1.65 bits per heavy atom. The molecule has 3 aromatic rings. The highest BCUT2D eigenvalue weighted by molar-refractivity contribution is 5.74. The van der Waals surface area contributed by atoms with Gasteiger partial charge in [0.2, 0.25) is 0 Å². The highest BCUT2D eigenvalue weighted by atomic mass is 16.3. The van der Waals surface area contributed by atoms with Crippen LogP contribution in [0.5, 0.6) is 5.75 Å². The first-order valence-electron chi connectivity index (χ1n) is 8.88. The molecule has 0 unspecified atom stereocenters. The molecule has 0 radical (unpaired) electrons. The first-order valence-corrected chi connectivity index (χ1v) is 8.88. The van der Waals surface area contributed by atoms with Crippen molar-refractivity contribution in [2.75, 3.05) is 0 Å². The molecule has 134 valence electrons. The molecule has 1 heterocycles. The molecule has 0 aliphatic rings. The van der Waals surface area contributed by atoms with Gasteiger partial charge in [-0.15, -0.1) is 21.4 Å². The maximum Gasteiger partial charge on any atom is 0.147 e. The minimum Gasteiger partial charge on any atom is -0.505 e. The molecule has 4 nitrogen and oxygen atoms in total. The highest BCUT2D eigenvalue weighted by Gasteiger charge is 2.29. The van der Waals surface area contributed by atoms with Crippen molar-refractivity contribution in [3.05, 3.63) is 47.5 Å². The molecule has 0 spiro atoms. The Morgan fingerprint density at radius 3 is 2.15 bits per heavy atom. The molecule has 0 atom stereocenters. The molecular weight excluding hydrogens is 322 g/mol. The molecule has 0 fully saturated rings. The first kappa shape index (κ1) is 18.0. The summed E-state index contributed by atoms with van der Waals surface area (Å²) in [6.07, 6.45) is 6.71. The van der Waals surface area contributed by atoms with Crippen LogP contribution in [0.25, 0.3) is 16.7 Å². The summed E-state index contributed by atoms with van der Waals surface area (Å²) in [4.78, 5) is 1.51. The molecule has 0 saturated heterocycles. The maximum absolute atomic E-state index is 11.0. The fourth-order valence-electron chi connectivity index (χ4n) is 2.89. The highest BCUT2D eigenvalue weighted by Crippen LogP contribution is 2.40. The minimum absolute atomic E-state index is 0.0611. The second kappa shape index (κ2) is 6.17. The van der Waals surface area contributed by atoms with Gasteiger partial charge < -0.3 is 5.11 Å². The maximum atomic E-state index is 11.0. The van der Waals surface area contributed by atoms with E-state index < -0.39 is 5.41 Å². The number of aromatic hydroxyl groups is 1. The molecular formula is C22H25N3O. The number of benzene rings is 2. The van der Waals surface area contributed by atoms with Gasteiger partial charge in [-0.25, -0.2) is 0 Å². The Morgan fingerprint density at radius 1 is 1.08 bits per heavy atom. The van der Waals surface area contributed by atoms with Crippen molar-refractivity contribution in [3.63, 3.8) is 0 Å². The molecule has 0 amide bonds. The van der Waals surface area contributed by atoms with Gasteiger partial charge in [0.05, 0.1) is 5.41 Å². The largest absolute Gasteiger partial charge is 0.505 e. The van der Waals surface area contributed by atoms with E-state index in [0.717, 1.165) is 28.6 Å². The fourth-order valence-corrected chi connectivity index (χ4v) is 2.89. The summed E-state index contributed by atoms with van der Waals surface area (Å²) in [5, 5.41) is 20.1. The number of phenolic OH excluding ortho intramolecular Hbond substituents is 1. The number of aromatic nitrogens is 3. The van der Waals surface area contributed by atoms with Crippen molar-refractivity contribution in [1.29, 1.82) is 0 Å². The van der Waals surface area contributed by atoms with Crippen molar-refractivity contribution >= 4 is 11.0 Å². The Kier molecular flexibility index (Phi) is 4.28. The van der Waals surface area contributed by atoms with E-state index in [1.165, 1.54) is 4.80 Å². The van der Waals surface area contributed by atoms with Gasteiger partial charge in [0.15, 0.2) is 0 Å². The number of rotatable bonds is 4. The summed E-state index contributed by atoms with van der Waals surface area (Å²) in [6.45, 7) is 10.4. The second-order valence-electron chi connectivity index (χ2n) is 7.88. The van der Waals surface area contributed by atoms with Crippen LogP contribution < -0.4 is 0 Å². The molecule has 26 heavy (non-hydrogen) atoms. The van der Waals surface area contributed by atoms with E-state index in [-0.39, 0.29) is 11.2 Å². The molecule has 0 saturated carbocycles. The monoisotopic (exact) mass is 347 g/mol. The molecule has 1 aromatic heterocycles. The van der Waals surface area contributed by atoms with Gasteiger partial charge in [-0.05, 0) is 55.5 Å². The van der Waals surface area contributed by atoms with Crippen LogP contribution in [0.15, 0.2) is 36.4 Å². The van der Waals surface area contributed by atoms with Gasteiger partial charge in [0.25, 0.3) is 0 Å². The van der Waals surface area contributed by atoms with E-state index in [2.05, 4.69) is 36.9 Å². The molecule has 1 N–H and O–H groups in total. The minimum atomic E-state index is -0.606. The number of hydrogen-bond donors (Lipinski definition) is 1. The third-order valence-electron chi connectivity index (χ3n) is 5.29. The molecule has 4 heteroatoms. The smallest absolute Gasteiger partial charge is 0.147 e. The summed E-state index contributed by atoms with van der Waals surface area (Å²) in [6, 6.07) is 11.6. The van der Waals surface area contributed by atoms with Crippen LogP contribution >= 0.6 is 0 Å². The molecule has 0 bridgehead atoms. The van der Waals surface area contributed by atoms with Gasteiger partial charge in [-0.2, -0.15) is 0 Å². The zero-order chi connectivity index (χ0) is 19.1. The Balaban J connectivity index is 2.32. The molecule has 0 aliphatic carbocycles. The first-order chi connectivity index (χ1) is 12.2. The van der Waals surface area contributed by atoms with E-state index >= 15 is 0 Å². The van der Waals surface area contributed by atoms with Crippen LogP contribution in [-0.4, -0.2) is 20.1 Å². The normalized spacial score (nSPS) is 12.3. The van der Waals surface area contributed by atoms with Gasteiger partial charge in [-0.3, -0.25) is 0 Å². The average molecular weight is 347 g/mol. The van der Waals surface area contributed by atoms with Gasteiger partial charge in [0, 0.05) is 5.56 Å². The van der Waals surface area contributed by atoms with Crippen LogP contribution in [-0.2, 0) is 10.8 Å². The van der Waals surface area contributed by atoms with Crippen LogP contribution in [0, 0.1) is 12.3 Å². The lowest BCUT2D eigenvalue weighted by Gasteiger charge is -2.28. The van der Waals surface area contributed by atoms with E-state index in [1.54, 1.807) is 0 Å². The van der Waals surface area contributed by atoms with Crippen LogP contribution in [0.3, 0.4) is 0 Å². The number of terminal acetylenes is 1. The van der Waals surface area contributed by atoms with Crippen molar-refractivity contribution in [3.8, 4) is 23.8 Å². The molecule has 3 rings (SSSR count). The van der Waals surface area contributed by atoms with Gasteiger partial charge in [0.1, 0.15) is 22.5 Å². The van der Waals surface area contributed by atoms with Crippen LogP contribution in [0.4, 0.5) is 0 Å². The van der Waals surface area contributed by atoms with Crippen molar-refractivity contribution in [2.24, 2.45) is 0 Å². The quantitative estimate of drug-likeness (QED) is 0.695. The van der Waals surface area contributed by atoms with Gasteiger partial charge in [-0.1, -0.05) is 38.8 Å². The van der Waals surface area contributed by atoms with E-state index in [4.69, 9.17) is 6.42 Å². The van der Waals surface area contributed by atoms with Gasteiger partial charge >= 0.3 is 0 Å². The van der Waals surface area contributed by atoms with Crippen molar-refractivity contribution < 1.29 is 5.11 Å². The lowest BCUT2D eigenvalue weighted by molar-refractivity contribution is 0.446. The zero-order valence-electron chi connectivity index (χ0n) is 16.0. The molecule has 2 aromatic carbocycles. The van der Waals surface area contributed by atoms with E-state index in [9.17, 15) is 5.11 Å². The van der Waals surface area contributed by atoms with Crippen molar-refractivity contribution in [2.45, 2.75) is 51.9 Å².